The molecule has 0 amide bonds. The highest BCUT2D eigenvalue weighted by Crippen LogP contribution is 2.36. The molecule has 1 fully saturated rings. The van der Waals surface area contributed by atoms with E-state index in [4.69, 9.17) is 9.47 Å². The second-order valence-corrected chi connectivity index (χ2v) is 5.32. The van der Waals surface area contributed by atoms with Crippen molar-refractivity contribution in [2.75, 3.05) is 0 Å². The minimum absolute atomic E-state index is 0.0190. The van der Waals surface area contributed by atoms with E-state index in [1.165, 1.54) is 0 Å². The van der Waals surface area contributed by atoms with E-state index in [-0.39, 0.29) is 12.2 Å². The number of aliphatic hydroxyl groups is 2. The summed E-state index contributed by atoms with van der Waals surface area (Å²) in [5.41, 5.74) is 0. The fraction of sp³-hybridized carbons (Fsp3) is 0.375. The Labute approximate surface area is 122 Å². The van der Waals surface area contributed by atoms with Gasteiger partial charge in [0.25, 0.3) is 0 Å². The molecule has 0 saturated carbocycles. The maximum absolute atomic E-state index is 10.0. The van der Waals surface area contributed by atoms with Crippen LogP contribution < -0.4 is 4.74 Å². The number of rotatable bonds is 2. The summed E-state index contributed by atoms with van der Waals surface area (Å²) in [5.74, 6) is 0.347. The van der Waals surface area contributed by atoms with Gasteiger partial charge in [-0.3, -0.25) is 0 Å². The summed E-state index contributed by atoms with van der Waals surface area (Å²) < 4.78 is 11.3. The average molecular weight is 290 g/mol. The van der Waals surface area contributed by atoms with Gasteiger partial charge in [-0.25, -0.2) is 0 Å². The molecule has 0 aliphatic carbocycles. The lowest BCUT2D eigenvalue weighted by molar-refractivity contribution is -0.216. The first-order valence-electron chi connectivity index (χ1n) is 6.95. The van der Waals surface area contributed by atoms with Crippen LogP contribution in [0.25, 0.3) is 10.8 Å². The highest BCUT2D eigenvalue weighted by atomic mass is 16.7. The Bertz CT molecular complexity index is 630. The van der Waals surface area contributed by atoms with Crippen LogP contribution in [-0.4, -0.2) is 39.9 Å². The van der Waals surface area contributed by atoms with E-state index >= 15 is 0 Å². The number of hydrogen-bond acceptors (Lipinski definition) is 5. The molecule has 21 heavy (non-hydrogen) atoms. The molecule has 4 atom stereocenters. The number of phenols is 1. The van der Waals surface area contributed by atoms with Crippen molar-refractivity contribution in [3.05, 3.63) is 36.4 Å². The summed E-state index contributed by atoms with van der Waals surface area (Å²) in [6, 6.07) is 10.9. The number of hydrogen-bond donors (Lipinski definition) is 3. The van der Waals surface area contributed by atoms with Crippen LogP contribution in [0, 0.1) is 0 Å². The normalized spacial score (nSPS) is 29.5. The molecule has 0 spiro atoms. The molecule has 0 radical (unpaired) electrons. The van der Waals surface area contributed by atoms with E-state index in [0.29, 0.717) is 5.75 Å². The quantitative estimate of drug-likeness (QED) is 0.785. The summed E-state index contributed by atoms with van der Waals surface area (Å²) >= 11 is 0. The zero-order valence-electron chi connectivity index (χ0n) is 11.6. The maximum atomic E-state index is 10.0. The largest absolute Gasteiger partial charge is 0.504 e. The topological polar surface area (TPSA) is 79.2 Å². The minimum atomic E-state index is -0.925. The van der Waals surface area contributed by atoms with Crippen LogP contribution in [0.1, 0.15) is 13.3 Å². The molecule has 5 heteroatoms. The monoisotopic (exact) mass is 290 g/mol. The molecule has 3 rings (SSSR count). The zero-order valence-corrected chi connectivity index (χ0v) is 11.6. The van der Waals surface area contributed by atoms with Gasteiger partial charge >= 0.3 is 0 Å². The average Bonchev–Trinajstić information content (AvgIpc) is 2.47. The van der Waals surface area contributed by atoms with E-state index in [1.54, 1.807) is 19.1 Å². The van der Waals surface area contributed by atoms with Crippen LogP contribution in [0.3, 0.4) is 0 Å². The Hall–Kier alpha value is -1.82. The molecule has 1 heterocycles. The summed E-state index contributed by atoms with van der Waals surface area (Å²) in [6.45, 7) is 1.67. The van der Waals surface area contributed by atoms with E-state index in [1.807, 2.05) is 24.3 Å². The van der Waals surface area contributed by atoms with Gasteiger partial charge in [0.1, 0.15) is 6.10 Å². The van der Waals surface area contributed by atoms with Gasteiger partial charge in [-0.1, -0.05) is 30.3 Å². The van der Waals surface area contributed by atoms with Crippen LogP contribution in [0.4, 0.5) is 0 Å². The summed E-state index contributed by atoms with van der Waals surface area (Å²) in [6.07, 6.45) is -2.93. The molecule has 2 aromatic rings. The Morgan fingerprint density at radius 2 is 1.90 bits per heavy atom. The molecule has 1 aliphatic rings. The predicted octanol–water partition coefficient (Wildman–Crippen LogP) is 1.78. The first kappa shape index (κ1) is 14.1. The van der Waals surface area contributed by atoms with Crippen molar-refractivity contribution in [3.63, 3.8) is 0 Å². The van der Waals surface area contributed by atoms with Gasteiger partial charge in [-0.05, 0) is 18.4 Å². The third-order valence-corrected chi connectivity index (χ3v) is 3.78. The maximum Gasteiger partial charge on any atom is 0.203 e. The van der Waals surface area contributed by atoms with Crippen LogP contribution in [0.15, 0.2) is 36.4 Å². The molecule has 0 unspecified atom stereocenters. The summed E-state index contributed by atoms with van der Waals surface area (Å²) in [5, 5.41) is 31.2. The van der Waals surface area contributed by atoms with Crippen molar-refractivity contribution in [2.24, 2.45) is 0 Å². The molecule has 1 aliphatic heterocycles. The molecule has 0 bridgehead atoms. The molecular weight excluding hydrogens is 272 g/mol. The van der Waals surface area contributed by atoms with Crippen molar-refractivity contribution in [1.82, 2.24) is 0 Å². The van der Waals surface area contributed by atoms with Gasteiger partial charge in [-0.2, -0.15) is 0 Å². The Kier molecular flexibility index (Phi) is 3.71. The van der Waals surface area contributed by atoms with Gasteiger partial charge in [0.2, 0.25) is 6.29 Å². The van der Waals surface area contributed by atoms with Crippen molar-refractivity contribution < 1.29 is 24.8 Å². The minimum Gasteiger partial charge on any atom is -0.504 e. The lowest BCUT2D eigenvalue weighted by Gasteiger charge is -2.35. The first-order chi connectivity index (χ1) is 10.1. The van der Waals surface area contributed by atoms with Crippen LogP contribution in [-0.2, 0) is 4.74 Å². The lowest BCUT2D eigenvalue weighted by atomic mass is 10.0. The number of fused-ring (bicyclic) bond motifs is 1. The second kappa shape index (κ2) is 5.52. The van der Waals surface area contributed by atoms with Crippen molar-refractivity contribution in [2.45, 2.75) is 37.9 Å². The van der Waals surface area contributed by atoms with E-state index in [2.05, 4.69) is 0 Å². The molecule has 112 valence electrons. The summed E-state index contributed by atoms with van der Waals surface area (Å²) in [7, 11) is 0. The van der Waals surface area contributed by atoms with E-state index < -0.39 is 24.6 Å². The fourth-order valence-electron chi connectivity index (χ4n) is 2.59. The predicted molar refractivity (Wildman–Crippen MR) is 77.2 cm³/mol. The molecule has 2 aromatic carbocycles. The third kappa shape index (κ3) is 2.68. The van der Waals surface area contributed by atoms with Crippen LogP contribution in [0.2, 0.25) is 0 Å². The standard InChI is InChI=1S/C16H18O5/c1-9-15(19)13(18)8-14(20-9)21-16-11-5-3-2-4-10(11)6-7-12(16)17/h2-7,9,13-15,17-19H,8H2,1H3/t9-,13-,14+,15-/m1/s1. The number of aliphatic hydroxyl groups excluding tert-OH is 2. The highest BCUT2D eigenvalue weighted by molar-refractivity contribution is 5.90. The van der Waals surface area contributed by atoms with Crippen molar-refractivity contribution >= 4 is 10.8 Å². The van der Waals surface area contributed by atoms with Gasteiger partial charge in [0, 0.05) is 11.8 Å². The van der Waals surface area contributed by atoms with Crippen molar-refractivity contribution in [3.8, 4) is 11.5 Å². The van der Waals surface area contributed by atoms with Gasteiger partial charge < -0.3 is 24.8 Å². The van der Waals surface area contributed by atoms with Gasteiger partial charge in [-0.15, -0.1) is 0 Å². The van der Waals surface area contributed by atoms with Crippen molar-refractivity contribution in [1.29, 1.82) is 0 Å². The number of aromatic hydroxyl groups is 1. The fourth-order valence-corrected chi connectivity index (χ4v) is 2.59. The third-order valence-electron chi connectivity index (χ3n) is 3.78. The Morgan fingerprint density at radius 3 is 2.67 bits per heavy atom. The van der Waals surface area contributed by atoms with Gasteiger partial charge in [0.15, 0.2) is 11.5 Å². The Balaban J connectivity index is 1.90. The molecule has 1 saturated heterocycles. The zero-order chi connectivity index (χ0) is 15.0. The highest BCUT2D eigenvalue weighted by Gasteiger charge is 2.35. The first-order valence-corrected chi connectivity index (χ1v) is 6.95. The van der Waals surface area contributed by atoms with Crippen LogP contribution in [0.5, 0.6) is 11.5 Å². The van der Waals surface area contributed by atoms with E-state index in [9.17, 15) is 15.3 Å². The number of benzene rings is 2. The second-order valence-electron chi connectivity index (χ2n) is 5.32. The van der Waals surface area contributed by atoms with Crippen LogP contribution >= 0.6 is 0 Å². The SMILES string of the molecule is C[C@H]1O[C@@H](Oc2c(O)ccc3ccccc23)C[C@@H](O)[C@@H]1O. The molecule has 3 N–H and O–H groups in total. The summed E-state index contributed by atoms with van der Waals surface area (Å²) in [4.78, 5) is 0. The molecular formula is C16H18O5. The number of phenolic OH excluding ortho intramolecular Hbond substituents is 1. The smallest absolute Gasteiger partial charge is 0.203 e. The lowest BCUT2D eigenvalue weighted by Crippen LogP contribution is -2.48. The Morgan fingerprint density at radius 1 is 1.14 bits per heavy atom. The number of ether oxygens (including phenoxy) is 2. The van der Waals surface area contributed by atoms with Gasteiger partial charge in [0.05, 0.1) is 12.2 Å². The van der Waals surface area contributed by atoms with E-state index in [0.717, 1.165) is 10.8 Å². The molecule has 0 aromatic heterocycles. The molecule has 5 nitrogen and oxygen atoms in total.